The van der Waals surface area contributed by atoms with E-state index in [1.165, 1.54) is 13.4 Å². The number of hydrogen-bond donors (Lipinski definition) is 1. The molecule has 1 N–H and O–H groups in total. The van der Waals surface area contributed by atoms with Gasteiger partial charge in [0.05, 0.1) is 7.11 Å². The topological polar surface area (TPSA) is 64.1 Å². The summed E-state index contributed by atoms with van der Waals surface area (Å²) in [5.74, 6) is 0.302. The third-order valence-corrected chi connectivity index (χ3v) is 1.72. The summed E-state index contributed by atoms with van der Waals surface area (Å²) in [4.78, 5) is 19.0. The highest BCUT2D eigenvalue weighted by Crippen LogP contribution is 2.04. The average molecular weight is 195 g/mol. The number of nitrogens with zero attached hydrogens (tertiary/aromatic N) is 2. The van der Waals surface area contributed by atoms with Crippen molar-refractivity contribution in [3.63, 3.8) is 0 Å². The van der Waals surface area contributed by atoms with Crippen LogP contribution in [-0.4, -0.2) is 29.1 Å². The highest BCUT2D eigenvalue weighted by atomic mass is 16.5. The molecule has 1 aromatic heterocycles. The van der Waals surface area contributed by atoms with E-state index in [1.54, 1.807) is 13.0 Å². The van der Waals surface area contributed by atoms with Crippen LogP contribution in [0.25, 0.3) is 0 Å². The molecular weight excluding hydrogens is 182 g/mol. The van der Waals surface area contributed by atoms with Crippen molar-refractivity contribution in [1.29, 1.82) is 0 Å². The second-order valence-corrected chi connectivity index (χ2v) is 2.93. The Kier molecular flexibility index (Phi) is 3.39. The number of aryl methyl sites for hydroxylation is 1. The van der Waals surface area contributed by atoms with Crippen LogP contribution in [0.4, 0.5) is 5.82 Å². The number of carbonyl (C=O) groups is 1. The van der Waals surface area contributed by atoms with Gasteiger partial charge in [-0.05, 0) is 13.8 Å². The summed E-state index contributed by atoms with van der Waals surface area (Å²) in [6.45, 7) is 3.57. The van der Waals surface area contributed by atoms with Gasteiger partial charge in [-0.3, -0.25) is 0 Å². The summed E-state index contributed by atoms with van der Waals surface area (Å²) >= 11 is 0. The minimum Gasteiger partial charge on any atom is -0.467 e. The summed E-state index contributed by atoms with van der Waals surface area (Å²) < 4.78 is 4.57. The van der Waals surface area contributed by atoms with Crippen LogP contribution in [0.15, 0.2) is 12.4 Å². The molecule has 0 aromatic carbocycles. The van der Waals surface area contributed by atoms with Gasteiger partial charge in [0.1, 0.15) is 18.2 Å². The SMILES string of the molecule is COC(=O)C(C)Nc1cc(C)ncn1. The normalized spacial score (nSPS) is 11.9. The van der Waals surface area contributed by atoms with E-state index in [4.69, 9.17) is 0 Å². The molecule has 0 aliphatic rings. The number of ether oxygens (including phenoxy) is 1. The quantitative estimate of drug-likeness (QED) is 0.721. The molecule has 0 saturated carbocycles. The summed E-state index contributed by atoms with van der Waals surface area (Å²) in [6.07, 6.45) is 1.45. The third kappa shape index (κ3) is 2.69. The highest BCUT2D eigenvalue weighted by Gasteiger charge is 2.12. The van der Waals surface area contributed by atoms with Gasteiger partial charge in [-0.15, -0.1) is 0 Å². The van der Waals surface area contributed by atoms with E-state index in [0.29, 0.717) is 5.82 Å². The van der Waals surface area contributed by atoms with E-state index < -0.39 is 6.04 Å². The molecule has 1 aromatic rings. The summed E-state index contributed by atoms with van der Waals surface area (Å²) in [5.41, 5.74) is 0.847. The molecule has 0 bridgehead atoms. The Labute approximate surface area is 82.5 Å². The fourth-order valence-electron chi connectivity index (χ4n) is 0.991. The van der Waals surface area contributed by atoms with Crippen molar-refractivity contribution in [2.24, 2.45) is 0 Å². The number of carbonyl (C=O) groups excluding carboxylic acids is 1. The number of nitrogens with one attached hydrogen (secondary N) is 1. The van der Waals surface area contributed by atoms with Crippen LogP contribution in [0, 0.1) is 6.92 Å². The van der Waals surface area contributed by atoms with Crippen LogP contribution in [0.5, 0.6) is 0 Å². The van der Waals surface area contributed by atoms with Crippen LogP contribution < -0.4 is 5.32 Å². The standard InChI is InChI=1S/C9H13N3O2/c1-6-4-8(11-5-10-6)12-7(2)9(13)14-3/h4-5,7H,1-3H3,(H,10,11,12). The Morgan fingerprint density at radius 2 is 2.29 bits per heavy atom. The molecule has 0 spiro atoms. The number of rotatable bonds is 3. The van der Waals surface area contributed by atoms with Crippen molar-refractivity contribution in [3.05, 3.63) is 18.1 Å². The fourth-order valence-corrected chi connectivity index (χ4v) is 0.991. The van der Waals surface area contributed by atoms with E-state index in [0.717, 1.165) is 5.69 Å². The summed E-state index contributed by atoms with van der Waals surface area (Å²) in [5, 5.41) is 2.91. The Morgan fingerprint density at radius 3 is 2.86 bits per heavy atom. The van der Waals surface area contributed by atoms with Crippen molar-refractivity contribution >= 4 is 11.8 Å². The highest BCUT2D eigenvalue weighted by molar-refractivity contribution is 5.78. The summed E-state index contributed by atoms with van der Waals surface area (Å²) in [7, 11) is 1.35. The van der Waals surface area contributed by atoms with Gasteiger partial charge >= 0.3 is 5.97 Å². The minimum atomic E-state index is -0.408. The Morgan fingerprint density at radius 1 is 1.57 bits per heavy atom. The number of aromatic nitrogens is 2. The lowest BCUT2D eigenvalue weighted by Gasteiger charge is -2.11. The smallest absolute Gasteiger partial charge is 0.328 e. The van der Waals surface area contributed by atoms with Gasteiger partial charge < -0.3 is 10.1 Å². The van der Waals surface area contributed by atoms with Crippen LogP contribution in [0.2, 0.25) is 0 Å². The van der Waals surface area contributed by atoms with E-state index in [1.807, 2.05) is 6.92 Å². The molecule has 0 fully saturated rings. The third-order valence-electron chi connectivity index (χ3n) is 1.72. The number of anilines is 1. The van der Waals surface area contributed by atoms with Gasteiger partial charge in [0.2, 0.25) is 0 Å². The first-order valence-electron chi connectivity index (χ1n) is 4.26. The van der Waals surface area contributed by atoms with E-state index in [2.05, 4.69) is 20.0 Å². The number of methoxy groups -OCH3 is 1. The van der Waals surface area contributed by atoms with E-state index in [-0.39, 0.29) is 5.97 Å². The van der Waals surface area contributed by atoms with Crippen molar-refractivity contribution in [2.75, 3.05) is 12.4 Å². The molecule has 0 amide bonds. The molecule has 1 unspecified atom stereocenters. The average Bonchev–Trinajstić information content (AvgIpc) is 2.16. The summed E-state index contributed by atoms with van der Waals surface area (Å²) in [6, 6.07) is 1.36. The molecule has 76 valence electrons. The second-order valence-electron chi connectivity index (χ2n) is 2.93. The monoisotopic (exact) mass is 195 g/mol. The molecular formula is C9H13N3O2. The van der Waals surface area contributed by atoms with Gasteiger partial charge in [0, 0.05) is 11.8 Å². The maximum Gasteiger partial charge on any atom is 0.328 e. The lowest BCUT2D eigenvalue weighted by atomic mass is 10.3. The first kappa shape index (κ1) is 10.4. The van der Waals surface area contributed by atoms with Gasteiger partial charge in [-0.25, -0.2) is 14.8 Å². The van der Waals surface area contributed by atoms with Crippen LogP contribution in [-0.2, 0) is 9.53 Å². The lowest BCUT2D eigenvalue weighted by molar-refractivity contribution is -0.141. The number of hydrogen-bond acceptors (Lipinski definition) is 5. The molecule has 14 heavy (non-hydrogen) atoms. The second kappa shape index (κ2) is 4.55. The van der Waals surface area contributed by atoms with E-state index in [9.17, 15) is 4.79 Å². The Bertz CT molecular complexity index is 328. The van der Waals surface area contributed by atoms with Gasteiger partial charge in [0.25, 0.3) is 0 Å². The Balaban J connectivity index is 2.64. The maximum atomic E-state index is 11.1. The molecule has 1 rings (SSSR count). The van der Waals surface area contributed by atoms with E-state index >= 15 is 0 Å². The van der Waals surface area contributed by atoms with Crippen LogP contribution >= 0.6 is 0 Å². The predicted molar refractivity (Wildman–Crippen MR) is 51.9 cm³/mol. The largest absolute Gasteiger partial charge is 0.467 e. The van der Waals surface area contributed by atoms with Crippen molar-refractivity contribution in [3.8, 4) is 0 Å². The zero-order valence-electron chi connectivity index (χ0n) is 8.44. The van der Waals surface area contributed by atoms with Crippen molar-refractivity contribution < 1.29 is 9.53 Å². The molecule has 0 aliphatic carbocycles. The predicted octanol–water partition coefficient (Wildman–Crippen LogP) is 0.758. The fraction of sp³-hybridized carbons (Fsp3) is 0.444. The first-order valence-corrected chi connectivity index (χ1v) is 4.26. The maximum absolute atomic E-state index is 11.1. The minimum absolute atomic E-state index is 0.318. The first-order chi connectivity index (χ1) is 6.63. The zero-order chi connectivity index (χ0) is 10.6. The molecule has 0 aliphatic heterocycles. The van der Waals surface area contributed by atoms with Crippen LogP contribution in [0.3, 0.4) is 0 Å². The Hall–Kier alpha value is -1.65. The molecule has 0 saturated heterocycles. The molecule has 0 radical (unpaired) electrons. The number of esters is 1. The van der Waals surface area contributed by atoms with Crippen molar-refractivity contribution in [1.82, 2.24) is 9.97 Å². The lowest BCUT2D eigenvalue weighted by Crippen LogP contribution is -2.27. The molecule has 1 heterocycles. The van der Waals surface area contributed by atoms with Gasteiger partial charge in [-0.2, -0.15) is 0 Å². The molecule has 5 heteroatoms. The molecule has 5 nitrogen and oxygen atoms in total. The van der Waals surface area contributed by atoms with Crippen molar-refractivity contribution in [2.45, 2.75) is 19.9 Å². The van der Waals surface area contributed by atoms with Gasteiger partial charge in [-0.1, -0.05) is 0 Å². The zero-order valence-corrected chi connectivity index (χ0v) is 8.44. The molecule has 1 atom stereocenters. The van der Waals surface area contributed by atoms with Crippen LogP contribution in [0.1, 0.15) is 12.6 Å². The van der Waals surface area contributed by atoms with Gasteiger partial charge in [0.15, 0.2) is 0 Å².